The van der Waals surface area contributed by atoms with Gasteiger partial charge in [-0.1, -0.05) is 145 Å². The molecule has 0 aliphatic carbocycles. The van der Waals surface area contributed by atoms with E-state index in [1.165, 1.54) is 61.0 Å². The number of thioether (sulfide) groups is 1. The lowest BCUT2D eigenvalue weighted by Gasteiger charge is -2.12. The van der Waals surface area contributed by atoms with Crippen LogP contribution in [-0.4, -0.2) is 12.0 Å². The summed E-state index contributed by atoms with van der Waals surface area (Å²) >= 11 is 1.97. The Morgan fingerprint density at radius 1 is 0.971 bits per heavy atom. The van der Waals surface area contributed by atoms with Crippen molar-refractivity contribution in [2.45, 2.75) is 107 Å². The summed E-state index contributed by atoms with van der Waals surface area (Å²) in [6.07, 6.45) is 22.2. The average Bonchev–Trinajstić information content (AvgIpc) is 2.86. The SMILES string of the molecule is C=C(C)c1ccc(C)cc1.CC.CCCC(CC)CCCCSC.C\C=C/C=C\C(=C\C)CC. The van der Waals surface area contributed by atoms with Gasteiger partial charge in [-0.25, -0.2) is 0 Å². The van der Waals surface area contributed by atoms with Crippen molar-refractivity contribution in [3.05, 3.63) is 77.9 Å². The smallest absolute Gasteiger partial charge is 0.00703 e. The van der Waals surface area contributed by atoms with Gasteiger partial charge in [-0.3, -0.25) is 0 Å². The summed E-state index contributed by atoms with van der Waals surface area (Å²) in [5, 5.41) is 0. The number of benzene rings is 1. The summed E-state index contributed by atoms with van der Waals surface area (Å²) in [4.78, 5) is 0. The van der Waals surface area contributed by atoms with E-state index in [0.717, 1.165) is 17.9 Å². The van der Waals surface area contributed by atoms with Crippen molar-refractivity contribution < 1.29 is 0 Å². The summed E-state index contributed by atoms with van der Waals surface area (Å²) < 4.78 is 0. The van der Waals surface area contributed by atoms with Gasteiger partial charge in [0.15, 0.2) is 0 Å². The van der Waals surface area contributed by atoms with Gasteiger partial charge >= 0.3 is 0 Å². The molecule has 1 atom stereocenters. The first-order valence-electron chi connectivity index (χ1n) is 13.6. The van der Waals surface area contributed by atoms with Crippen molar-refractivity contribution in [1.82, 2.24) is 0 Å². The highest BCUT2D eigenvalue weighted by Crippen LogP contribution is 2.18. The fourth-order valence-electron chi connectivity index (χ4n) is 3.19. The quantitative estimate of drug-likeness (QED) is 0.209. The van der Waals surface area contributed by atoms with Gasteiger partial charge in [-0.2, -0.15) is 11.8 Å². The minimum Gasteiger partial charge on any atom is -0.165 e. The molecule has 34 heavy (non-hydrogen) atoms. The molecule has 0 heterocycles. The van der Waals surface area contributed by atoms with Crippen LogP contribution in [0, 0.1) is 12.8 Å². The molecule has 0 saturated heterocycles. The zero-order valence-electron chi connectivity index (χ0n) is 24.5. The molecular formula is C33H58S. The van der Waals surface area contributed by atoms with Crippen LogP contribution in [0.3, 0.4) is 0 Å². The van der Waals surface area contributed by atoms with Gasteiger partial charge in [0, 0.05) is 0 Å². The largest absolute Gasteiger partial charge is 0.165 e. The zero-order chi connectivity index (χ0) is 26.6. The van der Waals surface area contributed by atoms with E-state index in [1.54, 1.807) is 0 Å². The molecule has 0 fully saturated rings. The van der Waals surface area contributed by atoms with Crippen molar-refractivity contribution >= 4 is 17.3 Å². The summed E-state index contributed by atoms with van der Waals surface area (Å²) in [6, 6.07) is 8.39. The summed E-state index contributed by atoms with van der Waals surface area (Å²) in [7, 11) is 0. The Balaban J connectivity index is -0.000000410. The Hall–Kier alpha value is -1.47. The molecule has 1 aromatic rings. The third-order valence-electron chi connectivity index (χ3n) is 5.42. The molecular weight excluding hydrogens is 428 g/mol. The number of aryl methyl sites for hydroxylation is 1. The lowest BCUT2D eigenvalue weighted by Crippen LogP contribution is -1.98. The molecule has 1 rings (SSSR count). The number of rotatable bonds is 12. The van der Waals surface area contributed by atoms with Gasteiger partial charge in [-0.15, -0.1) is 0 Å². The highest BCUT2D eigenvalue weighted by atomic mass is 32.2. The Morgan fingerprint density at radius 3 is 2.00 bits per heavy atom. The molecule has 1 unspecified atom stereocenters. The highest BCUT2D eigenvalue weighted by molar-refractivity contribution is 7.98. The predicted octanol–water partition coefficient (Wildman–Crippen LogP) is 11.9. The molecule has 0 aliphatic heterocycles. The average molecular weight is 487 g/mol. The van der Waals surface area contributed by atoms with E-state index in [0.29, 0.717) is 0 Å². The van der Waals surface area contributed by atoms with Gasteiger partial charge in [-0.05, 0) is 64.0 Å². The molecule has 0 nitrogen and oxygen atoms in total. The van der Waals surface area contributed by atoms with Crippen LogP contribution >= 0.6 is 11.8 Å². The Kier molecular flexibility index (Phi) is 32.2. The predicted molar refractivity (Wildman–Crippen MR) is 166 cm³/mol. The minimum absolute atomic E-state index is 1.01. The summed E-state index contributed by atoms with van der Waals surface area (Å²) in [5.74, 6) is 2.36. The van der Waals surface area contributed by atoms with Crippen LogP contribution in [0.15, 0.2) is 66.8 Å². The van der Waals surface area contributed by atoms with Crippen molar-refractivity contribution in [2.24, 2.45) is 5.92 Å². The lowest BCUT2D eigenvalue weighted by atomic mass is 9.95. The van der Waals surface area contributed by atoms with Crippen LogP contribution in [0.5, 0.6) is 0 Å². The second-order valence-electron chi connectivity index (χ2n) is 8.30. The van der Waals surface area contributed by atoms with E-state index in [2.05, 4.69) is 89.9 Å². The van der Waals surface area contributed by atoms with E-state index in [9.17, 15) is 0 Å². The molecule has 0 radical (unpaired) electrons. The normalized spacial score (nSPS) is 11.6. The first kappa shape index (κ1) is 37.1. The first-order chi connectivity index (χ1) is 16.4. The van der Waals surface area contributed by atoms with Gasteiger partial charge in [0.05, 0.1) is 0 Å². The molecule has 1 heteroatoms. The van der Waals surface area contributed by atoms with Gasteiger partial charge in [0.2, 0.25) is 0 Å². The maximum absolute atomic E-state index is 3.86. The molecule has 0 aromatic heterocycles. The van der Waals surface area contributed by atoms with Gasteiger partial charge < -0.3 is 0 Å². The van der Waals surface area contributed by atoms with E-state index < -0.39 is 0 Å². The minimum atomic E-state index is 1.01. The highest BCUT2D eigenvalue weighted by Gasteiger charge is 2.03. The van der Waals surface area contributed by atoms with Gasteiger partial charge in [0.1, 0.15) is 0 Å². The third-order valence-corrected chi connectivity index (χ3v) is 6.12. The second-order valence-corrected chi connectivity index (χ2v) is 9.29. The zero-order valence-corrected chi connectivity index (χ0v) is 25.4. The molecule has 1 aromatic carbocycles. The lowest BCUT2D eigenvalue weighted by molar-refractivity contribution is 0.418. The number of allylic oxidation sites excluding steroid dienone is 7. The second kappa shape index (κ2) is 29.6. The van der Waals surface area contributed by atoms with Crippen LogP contribution in [-0.2, 0) is 0 Å². The van der Waals surface area contributed by atoms with Crippen LogP contribution in [0.2, 0.25) is 0 Å². The summed E-state index contributed by atoms with van der Waals surface area (Å²) in [6.45, 7) is 22.8. The Morgan fingerprint density at radius 2 is 1.59 bits per heavy atom. The maximum atomic E-state index is 3.86. The van der Waals surface area contributed by atoms with Crippen LogP contribution in [0.1, 0.15) is 111 Å². The van der Waals surface area contributed by atoms with Crippen LogP contribution < -0.4 is 0 Å². The molecule has 196 valence electrons. The molecule has 0 amide bonds. The number of hydrogen-bond acceptors (Lipinski definition) is 1. The van der Waals surface area contributed by atoms with Crippen molar-refractivity contribution in [3.63, 3.8) is 0 Å². The number of unbranched alkanes of at least 4 members (excludes halogenated alkanes) is 1. The third kappa shape index (κ3) is 25.2. The Labute approximate surface area is 220 Å². The molecule has 0 aliphatic rings. The molecule has 0 bridgehead atoms. The van der Waals surface area contributed by atoms with E-state index >= 15 is 0 Å². The first-order valence-corrected chi connectivity index (χ1v) is 14.9. The molecule has 0 N–H and O–H groups in total. The van der Waals surface area contributed by atoms with Gasteiger partial charge in [0.25, 0.3) is 0 Å². The molecule has 0 spiro atoms. The van der Waals surface area contributed by atoms with Crippen molar-refractivity contribution in [3.8, 4) is 0 Å². The van der Waals surface area contributed by atoms with Crippen LogP contribution in [0.25, 0.3) is 5.57 Å². The summed E-state index contributed by atoms with van der Waals surface area (Å²) in [5.41, 5.74) is 5.04. The van der Waals surface area contributed by atoms with E-state index in [4.69, 9.17) is 0 Å². The number of hydrogen-bond donors (Lipinski definition) is 0. The monoisotopic (exact) mass is 486 g/mol. The van der Waals surface area contributed by atoms with Crippen molar-refractivity contribution in [1.29, 1.82) is 0 Å². The van der Waals surface area contributed by atoms with E-state index in [-0.39, 0.29) is 0 Å². The van der Waals surface area contributed by atoms with E-state index in [1.807, 2.05) is 51.6 Å². The Bertz CT molecular complexity index is 631. The fraction of sp³-hybridized carbons (Fsp3) is 0.576. The fourth-order valence-corrected chi connectivity index (χ4v) is 3.68. The van der Waals surface area contributed by atoms with Crippen LogP contribution in [0.4, 0.5) is 0 Å². The van der Waals surface area contributed by atoms with Crippen molar-refractivity contribution in [2.75, 3.05) is 12.0 Å². The topological polar surface area (TPSA) is 0 Å². The standard InChI is InChI=1S/C11H24S.C10H12.C10H16.C2H6/c1-4-8-11(5-2)9-6-7-10-12-3;1-8(2)10-6-4-9(3)5-7-10;1-4-7-8-9-10(5-2)6-3;1-2/h11H,4-10H2,1-3H3;4-7H,1H2,2-3H3;4-5,7-9H,6H2,1-3H3;1-2H3/b;;7-4-,9-8-,10-5+;. The maximum Gasteiger partial charge on any atom is -0.00703 e. The molecule has 0 saturated carbocycles.